The number of nitrogens with zero attached hydrogens (tertiary/aromatic N) is 2. The highest BCUT2D eigenvalue weighted by molar-refractivity contribution is 5.73. The number of nitrogens with one attached hydrogen (secondary N) is 2. The highest BCUT2D eigenvalue weighted by Crippen LogP contribution is 2.12. The maximum Gasteiger partial charge on any atom is 0.315 e. The predicted molar refractivity (Wildman–Crippen MR) is 90.2 cm³/mol. The number of rotatable bonds is 6. The summed E-state index contributed by atoms with van der Waals surface area (Å²) in [5.74, 6) is 0.469. The van der Waals surface area contributed by atoms with Crippen molar-refractivity contribution in [3.05, 3.63) is 59.5 Å². The number of anilines is 1. The van der Waals surface area contributed by atoms with Gasteiger partial charge in [0.25, 0.3) is 0 Å². The zero-order valence-electron chi connectivity index (χ0n) is 13.7. The van der Waals surface area contributed by atoms with Crippen LogP contribution < -0.4 is 15.5 Å². The van der Waals surface area contributed by atoms with E-state index < -0.39 is 12.1 Å². The maximum absolute atomic E-state index is 12.8. The molecule has 1 aromatic heterocycles. The van der Waals surface area contributed by atoms with E-state index in [0.717, 1.165) is 11.4 Å². The van der Waals surface area contributed by atoms with E-state index in [1.165, 1.54) is 24.3 Å². The van der Waals surface area contributed by atoms with Crippen molar-refractivity contribution in [1.82, 2.24) is 15.6 Å². The summed E-state index contributed by atoms with van der Waals surface area (Å²) in [4.78, 5) is 17.9. The van der Waals surface area contributed by atoms with Crippen LogP contribution in [0.1, 0.15) is 17.2 Å². The van der Waals surface area contributed by atoms with Crippen molar-refractivity contribution in [2.45, 2.75) is 12.6 Å². The Morgan fingerprint density at radius 1 is 1.21 bits per heavy atom. The van der Waals surface area contributed by atoms with Crippen molar-refractivity contribution in [2.75, 3.05) is 25.5 Å². The first-order chi connectivity index (χ1) is 11.5. The van der Waals surface area contributed by atoms with Crippen LogP contribution in [-0.4, -0.2) is 36.8 Å². The van der Waals surface area contributed by atoms with Crippen LogP contribution in [0.2, 0.25) is 0 Å². The highest BCUT2D eigenvalue weighted by Gasteiger charge is 2.09. The van der Waals surface area contributed by atoms with Crippen LogP contribution in [0.5, 0.6) is 0 Å². The van der Waals surface area contributed by atoms with Crippen LogP contribution in [0.3, 0.4) is 0 Å². The van der Waals surface area contributed by atoms with E-state index >= 15 is 0 Å². The second-order valence-electron chi connectivity index (χ2n) is 5.55. The van der Waals surface area contributed by atoms with Gasteiger partial charge in [-0.15, -0.1) is 0 Å². The van der Waals surface area contributed by atoms with Gasteiger partial charge in [0, 0.05) is 33.4 Å². The van der Waals surface area contributed by atoms with E-state index in [-0.39, 0.29) is 12.4 Å². The number of aromatic nitrogens is 1. The topological polar surface area (TPSA) is 77.5 Å². The lowest BCUT2D eigenvalue weighted by molar-refractivity contribution is 0.173. The smallest absolute Gasteiger partial charge is 0.315 e. The molecule has 1 aromatic carbocycles. The molecule has 0 radical (unpaired) electrons. The summed E-state index contributed by atoms with van der Waals surface area (Å²) in [6.07, 6.45) is 0.806. The van der Waals surface area contributed by atoms with Crippen molar-refractivity contribution in [2.24, 2.45) is 0 Å². The molecule has 0 bridgehead atoms. The van der Waals surface area contributed by atoms with Crippen LogP contribution in [0.25, 0.3) is 0 Å². The minimum Gasteiger partial charge on any atom is -0.387 e. The molecule has 0 aliphatic rings. The molecule has 2 aromatic rings. The van der Waals surface area contributed by atoms with Gasteiger partial charge in [0.15, 0.2) is 0 Å². The fourth-order valence-corrected chi connectivity index (χ4v) is 2.02. The number of aliphatic hydroxyl groups excluding tert-OH is 1. The molecule has 128 valence electrons. The molecule has 7 heteroatoms. The van der Waals surface area contributed by atoms with Gasteiger partial charge in [-0.1, -0.05) is 18.2 Å². The summed E-state index contributed by atoms with van der Waals surface area (Å²) in [5, 5.41) is 15.2. The number of urea groups is 1. The summed E-state index contributed by atoms with van der Waals surface area (Å²) in [6.45, 7) is 0.370. The van der Waals surface area contributed by atoms with E-state index in [0.29, 0.717) is 12.1 Å². The Labute approximate surface area is 140 Å². The molecule has 24 heavy (non-hydrogen) atoms. The Bertz CT molecular complexity index is 659. The number of benzene rings is 1. The Morgan fingerprint density at radius 3 is 2.50 bits per heavy atom. The maximum atomic E-state index is 12.8. The van der Waals surface area contributed by atoms with Gasteiger partial charge < -0.3 is 20.6 Å². The number of hydrogen-bond donors (Lipinski definition) is 3. The van der Waals surface area contributed by atoms with Crippen molar-refractivity contribution < 1.29 is 14.3 Å². The molecule has 6 nitrogen and oxygen atoms in total. The number of carbonyl (C=O) groups excluding carboxylic acids is 1. The van der Waals surface area contributed by atoms with E-state index in [1.807, 2.05) is 31.1 Å². The normalized spacial score (nSPS) is 11.7. The molecule has 1 atom stereocenters. The van der Waals surface area contributed by atoms with E-state index in [9.17, 15) is 14.3 Å². The van der Waals surface area contributed by atoms with Crippen molar-refractivity contribution >= 4 is 11.8 Å². The average Bonchev–Trinajstić information content (AvgIpc) is 2.58. The fraction of sp³-hybridized carbons (Fsp3) is 0.294. The molecule has 3 N–H and O–H groups in total. The first-order valence-corrected chi connectivity index (χ1v) is 7.53. The molecule has 1 heterocycles. The van der Waals surface area contributed by atoms with Crippen molar-refractivity contribution in [3.63, 3.8) is 0 Å². The van der Waals surface area contributed by atoms with Crippen LogP contribution >= 0.6 is 0 Å². The Kier molecular flexibility index (Phi) is 6.08. The third-order valence-corrected chi connectivity index (χ3v) is 3.43. The van der Waals surface area contributed by atoms with Crippen LogP contribution in [0.15, 0.2) is 42.6 Å². The average molecular weight is 332 g/mol. The molecule has 0 aliphatic heterocycles. The predicted octanol–water partition coefficient (Wildman–Crippen LogP) is 1.82. The molecule has 0 saturated heterocycles. The van der Waals surface area contributed by atoms with Gasteiger partial charge >= 0.3 is 6.03 Å². The fourth-order valence-electron chi connectivity index (χ4n) is 2.02. The quantitative estimate of drug-likeness (QED) is 0.754. The van der Waals surface area contributed by atoms with Gasteiger partial charge in [0.1, 0.15) is 11.6 Å². The third-order valence-electron chi connectivity index (χ3n) is 3.43. The molecule has 0 saturated carbocycles. The molecule has 2 amide bonds. The Hall–Kier alpha value is -2.67. The number of halogens is 1. The number of hydrogen-bond acceptors (Lipinski definition) is 4. The lowest BCUT2D eigenvalue weighted by Gasteiger charge is -2.14. The molecule has 0 fully saturated rings. The van der Waals surface area contributed by atoms with E-state index in [4.69, 9.17) is 0 Å². The number of aliphatic hydroxyl groups is 1. The molecule has 2 rings (SSSR count). The molecular formula is C17H21FN4O2. The molecule has 0 spiro atoms. The number of carbonyl (C=O) groups is 1. The largest absolute Gasteiger partial charge is 0.387 e. The third kappa shape index (κ3) is 5.20. The van der Waals surface area contributed by atoms with Gasteiger partial charge in [-0.2, -0.15) is 0 Å². The zero-order valence-corrected chi connectivity index (χ0v) is 13.7. The number of amides is 2. The molecule has 1 unspecified atom stereocenters. The van der Waals surface area contributed by atoms with Gasteiger partial charge in [0.2, 0.25) is 0 Å². The minimum absolute atomic E-state index is 0.0370. The lowest BCUT2D eigenvalue weighted by Crippen LogP contribution is -2.37. The summed E-state index contributed by atoms with van der Waals surface area (Å²) in [6, 6.07) is 8.86. The second kappa shape index (κ2) is 8.26. The summed E-state index contributed by atoms with van der Waals surface area (Å²) in [5.41, 5.74) is 1.41. The second-order valence-corrected chi connectivity index (χ2v) is 5.55. The minimum atomic E-state index is -0.891. The van der Waals surface area contributed by atoms with Gasteiger partial charge in [-0.05, 0) is 29.3 Å². The van der Waals surface area contributed by atoms with Crippen LogP contribution in [0.4, 0.5) is 15.0 Å². The van der Waals surface area contributed by atoms with Gasteiger partial charge in [-0.25, -0.2) is 14.2 Å². The lowest BCUT2D eigenvalue weighted by atomic mass is 10.1. The summed E-state index contributed by atoms with van der Waals surface area (Å²) >= 11 is 0. The molecular weight excluding hydrogens is 311 g/mol. The SMILES string of the molecule is CN(C)c1ccc(CNC(=O)NCC(O)c2ccc(F)cc2)cn1. The first-order valence-electron chi connectivity index (χ1n) is 7.53. The van der Waals surface area contributed by atoms with Crippen LogP contribution in [0, 0.1) is 5.82 Å². The molecule has 0 aliphatic carbocycles. The van der Waals surface area contributed by atoms with Crippen LogP contribution in [-0.2, 0) is 6.54 Å². The summed E-state index contributed by atoms with van der Waals surface area (Å²) in [7, 11) is 3.81. The van der Waals surface area contributed by atoms with Crippen molar-refractivity contribution in [3.8, 4) is 0 Å². The van der Waals surface area contributed by atoms with Gasteiger partial charge in [-0.3, -0.25) is 0 Å². The van der Waals surface area contributed by atoms with Crippen molar-refractivity contribution in [1.29, 1.82) is 0 Å². The standard InChI is InChI=1S/C17H21FN4O2/c1-22(2)16-8-3-12(9-19-16)10-20-17(24)21-11-15(23)13-4-6-14(18)7-5-13/h3-9,15,23H,10-11H2,1-2H3,(H2,20,21,24). The van der Waals surface area contributed by atoms with E-state index in [1.54, 1.807) is 6.20 Å². The monoisotopic (exact) mass is 332 g/mol. The zero-order chi connectivity index (χ0) is 17.5. The first kappa shape index (κ1) is 17.7. The van der Waals surface area contributed by atoms with Gasteiger partial charge in [0.05, 0.1) is 6.10 Å². The summed E-state index contributed by atoms with van der Waals surface area (Å²) < 4.78 is 12.8. The highest BCUT2D eigenvalue weighted by atomic mass is 19.1. The van der Waals surface area contributed by atoms with E-state index in [2.05, 4.69) is 15.6 Å². The Morgan fingerprint density at radius 2 is 1.92 bits per heavy atom. The Balaban J connectivity index is 1.75. The number of pyridine rings is 1.